The third kappa shape index (κ3) is 4.19. The van der Waals surface area contributed by atoms with Gasteiger partial charge in [0.05, 0.1) is 23.0 Å². The number of pyridine rings is 2. The maximum Gasteiger partial charge on any atom is 0.254 e. The van der Waals surface area contributed by atoms with Gasteiger partial charge in [-0.2, -0.15) is 5.10 Å². The third-order valence-electron chi connectivity index (χ3n) is 5.78. The third-order valence-corrected chi connectivity index (χ3v) is 5.78. The van der Waals surface area contributed by atoms with Crippen molar-refractivity contribution in [3.05, 3.63) is 77.4 Å². The molecule has 0 bridgehead atoms. The van der Waals surface area contributed by atoms with Crippen molar-refractivity contribution in [3.63, 3.8) is 0 Å². The van der Waals surface area contributed by atoms with Crippen molar-refractivity contribution in [1.29, 1.82) is 0 Å². The number of amides is 1. The number of rotatable bonds is 5. The predicted molar refractivity (Wildman–Crippen MR) is 123 cm³/mol. The molecule has 3 aromatic heterocycles. The fourth-order valence-electron chi connectivity index (χ4n) is 3.76. The fourth-order valence-corrected chi connectivity index (χ4v) is 3.76. The minimum Gasteiger partial charge on any atom is -0.339 e. The Balaban J connectivity index is 1.73. The number of hydrogen-bond donors (Lipinski definition) is 0. The topological polar surface area (TPSA) is 63.9 Å². The zero-order valence-electron chi connectivity index (χ0n) is 18.6. The lowest BCUT2D eigenvalue weighted by Gasteiger charge is -2.26. The highest BCUT2D eigenvalue weighted by molar-refractivity contribution is 6.07. The summed E-state index contributed by atoms with van der Waals surface area (Å²) in [6.45, 7) is 6.14. The number of carbonyl (C=O) groups excluding carboxylic acids is 1. The van der Waals surface area contributed by atoms with E-state index in [-0.39, 0.29) is 11.9 Å². The maximum atomic E-state index is 13.6. The highest BCUT2D eigenvalue weighted by Gasteiger charge is 2.22. The number of aromatic nitrogens is 4. The average molecular weight is 414 g/mol. The molecule has 1 unspecified atom stereocenters. The number of likely N-dealkylation sites (N-methyl/N-ethyl adjacent to an activating group) is 1. The van der Waals surface area contributed by atoms with Crippen LogP contribution >= 0.6 is 0 Å². The van der Waals surface area contributed by atoms with Crippen LogP contribution in [0.4, 0.5) is 0 Å². The van der Waals surface area contributed by atoms with E-state index in [4.69, 9.17) is 4.98 Å². The van der Waals surface area contributed by atoms with Crippen molar-refractivity contribution in [2.75, 3.05) is 7.05 Å². The second kappa shape index (κ2) is 8.30. The molecule has 4 rings (SSSR count). The van der Waals surface area contributed by atoms with Crippen molar-refractivity contribution in [3.8, 4) is 11.3 Å². The van der Waals surface area contributed by atoms with E-state index in [0.29, 0.717) is 12.0 Å². The van der Waals surface area contributed by atoms with Gasteiger partial charge >= 0.3 is 0 Å². The molecule has 0 aliphatic rings. The second-order valence-electron chi connectivity index (χ2n) is 8.21. The van der Waals surface area contributed by atoms with Gasteiger partial charge in [0, 0.05) is 55.6 Å². The van der Waals surface area contributed by atoms with E-state index in [2.05, 4.69) is 30.0 Å². The quantitative estimate of drug-likeness (QED) is 0.488. The van der Waals surface area contributed by atoms with Crippen LogP contribution in [0.2, 0.25) is 0 Å². The van der Waals surface area contributed by atoms with Crippen LogP contribution in [0.5, 0.6) is 0 Å². The van der Waals surface area contributed by atoms with Gasteiger partial charge in [0.15, 0.2) is 0 Å². The van der Waals surface area contributed by atoms with E-state index < -0.39 is 0 Å². The summed E-state index contributed by atoms with van der Waals surface area (Å²) in [7, 11) is 3.73. The van der Waals surface area contributed by atoms with Gasteiger partial charge in [0.25, 0.3) is 5.91 Å². The number of nitrogens with zero attached hydrogens (tertiary/aromatic N) is 5. The van der Waals surface area contributed by atoms with Crippen molar-refractivity contribution >= 4 is 16.8 Å². The minimum absolute atomic E-state index is 0.00314. The lowest BCUT2D eigenvalue weighted by molar-refractivity contribution is 0.0744. The van der Waals surface area contributed by atoms with Crippen LogP contribution in [-0.2, 0) is 13.5 Å². The maximum absolute atomic E-state index is 13.6. The average Bonchev–Trinajstić information content (AvgIpc) is 3.19. The molecule has 0 fully saturated rings. The molecule has 0 aliphatic carbocycles. The molecule has 0 saturated heterocycles. The van der Waals surface area contributed by atoms with E-state index in [1.807, 2.05) is 57.5 Å². The first-order chi connectivity index (χ1) is 14.8. The summed E-state index contributed by atoms with van der Waals surface area (Å²) in [5.41, 5.74) is 6.35. The molecule has 0 radical (unpaired) electrons. The van der Waals surface area contributed by atoms with E-state index >= 15 is 0 Å². The van der Waals surface area contributed by atoms with Crippen molar-refractivity contribution < 1.29 is 4.79 Å². The highest BCUT2D eigenvalue weighted by atomic mass is 16.2. The van der Waals surface area contributed by atoms with Crippen LogP contribution in [-0.4, -0.2) is 43.6 Å². The fraction of sp³-hybridized carbons (Fsp3) is 0.280. The Hall–Kier alpha value is -3.54. The SMILES string of the molecule is Cc1ccc2c(C(=O)N(C)C(C)Cc3ncccc3C)cc(-c3cnn(C)c3)nc2c1. The van der Waals surface area contributed by atoms with E-state index in [1.54, 1.807) is 22.0 Å². The summed E-state index contributed by atoms with van der Waals surface area (Å²) in [6.07, 6.45) is 6.19. The molecule has 4 aromatic rings. The molecular formula is C25H27N5O. The first-order valence-electron chi connectivity index (χ1n) is 10.4. The van der Waals surface area contributed by atoms with E-state index in [1.165, 1.54) is 0 Å². The Morgan fingerprint density at radius 3 is 2.71 bits per heavy atom. The summed E-state index contributed by atoms with van der Waals surface area (Å²) in [5, 5.41) is 5.12. The van der Waals surface area contributed by atoms with Gasteiger partial charge in [0.1, 0.15) is 0 Å². The molecule has 1 atom stereocenters. The summed E-state index contributed by atoms with van der Waals surface area (Å²) in [4.78, 5) is 24.7. The van der Waals surface area contributed by atoms with E-state index in [0.717, 1.165) is 39.0 Å². The first kappa shape index (κ1) is 20.7. The number of carbonyl (C=O) groups is 1. The largest absolute Gasteiger partial charge is 0.339 e. The lowest BCUT2D eigenvalue weighted by atomic mass is 10.0. The van der Waals surface area contributed by atoms with Crippen LogP contribution in [0, 0.1) is 13.8 Å². The van der Waals surface area contributed by atoms with Gasteiger partial charge in [-0.3, -0.25) is 14.5 Å². The van der Waals surface area contributed by atoms with Crippen molar-refractivity contribution in [2.24, 2.45) is 7.05 Å². The molecule has 158 valence electrons. The molecular weight excluding hydrogens is 386 g/mol. The molecule has 0 N–H and O–H groups in total. The van der Waals surface area contributed by atoms with Crippen LogP contribution < -0.4 is 0 Å². The minimum atomic E-state index is -0.0255. The number of fused-ring (bicyclic) bond motifs is 1. The predicted octanol–water partition coefficient (Wildman–Crippen LogP) is 4.35. The second-order valence-corrected chi connectivity index (χ2v) is 8.21. The van der Waals surface area contributed by atoms with Gasteiger partial charge in [-0.05, 0) is 50.1 Å². The monoisotopic (exact) mass is 413 g/mol. The van der Waals surface area contributed by atoms with Crippen molar-refractivity contribution in [2.45, 2.75) is 33.2 Å². The molecule has 1 aromatic carbocycles. The Labute approximate surface area is 182 Å². The normalized spacial score (nSPS) is 12.2. The smallest absolute Gasteiger partial charge is 0.254 e. The molecule has 0 aliphatic heterocycles. The Morgan fingerprint density at radius 2 is 2.00 bits per heavy atom. The molecule has 6 heteroatoms. The van der Waals surface area contributed by atoms with Gasteiger partial charge in [0.2, 0.25) is 0 Å². The van der Waals surface area contributed by atoms with Gasteiger partial charge < -0.3 is 4.90 Å². The highest BCUT2D eigenvalue weighted by Crippen LogP contribution is 2.27. The molecule has 3 heterocycles. The van der Waals surface area contributed by atoms with Crippen LogP contribution in [0.3, 0.4) is 0 Å². The van der Waals surface area contributed by atoms with Crippen molar-refractivity contribution in [1.82, 2.24) is 24.6 Å². The van der Waals surface area contributed by atoms with E-state index in [9.17, 15) is 4.79 Å². The number of hydrogen-bond acceptors (Lipinski definition) is 4. The van der Waals surface area contributed by atoms with Crippen LogP contribution in [0.25, 0.3) is 22.2 Å². The number of aryl methyl sites for hydroxylation is 3. The Bertz CT molecular complexity index is 1260. The Morgan fingerprint density at radius 1 is 1.19 bits per heavy atom. The molecule has 1 amide bonds. The summed E-state index contributed by atoms with van der Waals surface area (Å²) < 4.78 is 1.74. The zero-order valence-corrected chi connectivity index (χ0v) is 18.6. The van der Waals surface area contributed by atoms with Gasteiger partial charge in [-0.1, -0.05) is 18.2 Å². The van der Waals surface area contributed by atoms with Crippen LogP contribution in [0.15, 0.2) is 55.0 Å². The summed E-state index contributed by atoms with van der Waals surface area (Å²) in [5.74, 6) is -0.0255. The Kier molecular flexibility index (Phi) is 5.55. The summed E-state index contributed by atoms with van der Waals surface area (Å²) in [6, 6.07) is 11.9. The zero-order chi connectivity index (χ0) is 22.1. The first-order valence-corrected chi connectivity index (χ1v) is 10.4. The lowest BCUT2D eigenvalue weighted by Crippen LogP contribution is -2.37. The molecule has 0 saturated carbocycles. The van der Waals surface area contributed by atoms with Gasteiger partial charge in [-0.15, -0.1) is 0 Å². The summed E-state index contributed by atoms with van der Waals surface area (Å²) >= 11 is 0. The standard InChI is InChI=1S/C25H27N5O/c1-16-8-9-20-21(13-23(28-24(20)11-16)19-14-27-29(4)15-19)25(31)30(5)18(3)12-22-17(2)7-6-10-26-22/h6-11,13-15,18H,12H2,1-5H3. The van der Waals surface area contributed by atoms with Crippen LogP contribution in [0.1, 0.15) is 34.1 Å². The number of benzene rings is 1. The van der Waals surface area contributed by atoms with Gasteiger partial charge in [-0.25, -0.2) is 4.98 Å². The molecule has 31 heavy (non-hydrogen) atoms. The molecule has 6 nitrogen and oxygen atoms in total. The molecule has 0 spiro atoms.